The molecule has 3 aromatic carbocycles. The number of benzene rings is 3. The van der Waals surface area contributed by atoms with E-state index in [1.807, 2.05) is 87.5 Å². The van der Waals surface area contributed by atoms with Gasteiger partial charge in [-0.25, -0.2) is 8.42 Å². The molecule has 8 heteroatoms. The van der Waals surface area contributed by atoms with Crippen LogP contribution in [0.3, 0.4) is 0 Å². The molecule has 7 nitrogen and oxygen atoms in total. The van der Waals surface area contributed by atoms with Gasteiger partial charge in [0.05, 0.1) is 11.9 Å². The summed E-state index contributed by atoms with van der Waals surface area (Å²) < 4.78 is 27.1. The second kappa shape index (κ2) is 13.9. The third kappa shape index (κ3) is 8.42. The van der Waals surface area contributed by atoms with E-state index in [1.165, 1.54) is 4.90 Å². The number of hydrogen-bond donors (Lipinski definition) is 1. The molecule has 0 fully saturated rings. The fraction of sp³-hybridized carbons (Fsp3) is 0.355. The number of aryl methyl sites for hydroxylation is 1. The van der Waals surface area contributed by atoms with Gasteiger partial charge in [0.15, 0.2) is 0 Å². The van der Waals surface area contributed by atoms with Crippen LogP contribution >= 0.6 is 0 Å². The van der Waals surface area contributed by atoms with Crippen LogP contribution in [0.4, 0.5) is 5.69 Å². The summed E-state index contributed by atoms with van der Waals surface area (Å²) in [5, 5.41) is 2.99. The van der Waals surface area contributed by atoms with Crippen molar-refractivity contribution in [3.05, 3.63) is 101 Å². The molecule has 0 aromatic heterocycles. The van der Waals surface area contributed by atoms with Gasteiger partial charge in [-0.05, 0) is 48.6 Å². The molecule has 0 heterocycles. The third-order valence-electron chi connectivity index (χ3n) is 6.82. The second-order valence-corrected chi connectivity index (χ2v) is 11.8. The second-order valence-electron chi connectivity index (χ2n) is 9.85. The highest BCUT2D eigenvalue weighted by Gasteiger charge is 2.33. The zero-order valence-electron chi connectivity index (χ0n) is 23.3. The lowest BCUT2D eigenvalue weighted by Gasteiger charge is -2.34. The van der Waals surface area contributed by atoms with E-state index in [4.69, 9.17) is 0 Å². The Morgan fingerprint density at radius 3 is 2.08 bits per heavy atom. The minimum Gasteiger partial charge on any atom is -0.354 e. The number of hydrogen-bond acceptors (Lipinski definition) is 4. The fourth-order valence-corrected chi connectivity index (χ4v) is 5.34. The maximum atomic E-state index is 14.1. The molecule has 2 amide bonds. The van der Waals surface area contributed by atoms with Crippen molar-refractivity contribution in [3.63, 3.8) is 0 Å². The van der Waals surface area contributed by atoms with Gasteiger partial charge in [0, 0.05) is 19.5 Å². The molecule has 0 saturated heterocycles. The van der Waals surface area contributed by atoms with E-state index in [9.17, 15) is 18.0 Å². The van der Waals surface area contributed by atoms with Gasteiger partial charge in [-0.1, -0.05) is 86.1 Å². The van der Waals surface area contributed by atoms with Crippen LogP contribution in [0.15, 0.2) is 78.9 Å². The standard InChI is InChI=1S/C31H39N3O4S/c1-5-6-20-32-31(36)29(21-26-15-9-7-10-16-26)33(22-27-17-11-8-12-18-27)30(35)23-34(39(4,37)38)28-19-13-14-24(2)25(28)3/h7-19,29H,5-6,20-23H2,1-4H3,(H,32,36). The zero-order chi connectivity index (χ0) is 28.4. The van der Waals surface area contributed by atoms with Crippen LogP contribution < -0.4 is 9.62 Å². The number of carbonyl (C=O) groups is 2. The maximum absolute atomic E-state index is 14.1. The van der Waals surface area contributed by atoms with Gasteiger partial charge in [-0.15, -0.1) is 0 Å². The number of rotatable bonds is 13. The summed E-state index contributed by atoms with van der Waals surface area (Å²) in [6.45, 7) is 6.05. The first-order valence-corrected chi connectivity index (χ1v) is 15.2. The van der Waals surface area contributed by atoms with Crippen LogP contribution in [-0.4, -0.2) is 50.5 Å². The zero-order valence-corrected chi connectivity index (χ0v) is 24.1. The quantitative estimate of drug-likeness (QED) is 0.315. The summed E-state index contributed by atoms with van der Waals surface area (Å²) >= 11 is 0. The van der Waals surface area contributed by atoms with E-state index in [0.29, 0.717) is 18.7 Å². The largest absolute Gasteiger partial charge is 0.354 e. The third-order valence-corrected chi connectivity index (χ3v) is 7.95. The van der Waals surface area contributed by atoms with Crippen LogP contribution in [0.2, 0.25) is 0 Å². The minimum atomic E-state index is -3.80. The molecule has 0 aliphatic rings. The fourth-order valence-electron chi connectivity index (χ4n) is 4.44. The van der Waals surface area contributed by atoms with Gasteiger partial charge < -0.3 is 10.2 Å². The molecule has 1 atom stereocenters. The lowest BCUT2D eigenvalue weighted by atomic mass is 10.0. The molecule has 1 unspecified atom stereocenters. The Bertz CT molecular complexity index is 1340. The van der Waals surface area contributed by atoms with Gasteiger partial charge in [0.1, 0.15) is 12.6 Å². The smallest absolute Gasteiger partial charge is 0.244 e. The Labute approximate surface area is 232 Å². The predicted octanol–water partition coefficient (Wildman–Crippen LogP) is 4.63. The number of nitrogens with one attached hydrogen (secondary N) is 1. The topological polar surface area (TPSA) is 86.8 Å². The molecule has 0 aliphatic heterocycles. The van der Waals surface area contributed by atoms with Crippen molar-refractivity contribution in [1.82, 2.24) is 10.2 Å². The molecule has 3 aromatic rings. The highest BCUT2D eigenvalue weighted by atomic mass is 32.2. The van der Waals surface area contributed by atoms with E-state index in [1.54, 1.807) is 12.1 Å². The van der Waals surface area contributed by atoms with E-state index in [-0.39, 0.29) is 12.5 Å². The molecule has 0 spiro atoms. The number of nitrogens with zero attached hydrogens (tertiary/aromatic N) is 2. The lowest BCUT2D eigenvalue weighted by Crippen LogP contribution is -2.53. The Kier molecular flexibility index (Phi) is 10.7. The number of unbranched alkanes of at least 4 members (excludes halogenated alkanes) is 1. The van der Waals surface area contributed by atoms with Crippen molar-refractivity contribution in [1.29, 1.82) is 0 Å². The molecular weight excluding hydrogens is 510 g/mol. The molecule has 1 N–H and O–H groups in total. The molecule has 0 saturated carbocycles. The van der Waals surface area contributed by atoms with E-state index in [0.717, 1.165) is 45.7 Å². The Hall–Kier alpha value is -3.65. The first kappa shape index (κ1) is 29.9. The average Bonchev–Trinajstić information content (AvgIpc) is 2.91. The lowest BCUT2D eigenvalue weighted by molar-refractivity contribution is -0.140. The summed E-state index contributed by atoms with van der Waals surface area (Å²) in [6, 6.07) is 23.6. The van der Waals surface area contributed by atoms with Gasteiger partial charge >= 0.3 is 0 Å². The number of anilines is 1. The normalized spacial score (nSPS) is 12.0. The summed E-state index contributed by atoms with van der Waals surface area (Å²) in [4.78, 5) is 29.2. The molecular formula is C31H39N3O4S. The van der Waals surface area contributed by atoms with E-state index in [2.05, 4.69) is 5.32 Å². The van der Waals surface area contributed by atoms with E-state index < -0.39 is 28.5 Å². The Morgan fingerprint density at radius 1 is 0.872 bits per heavy atom. The van der Waals surface area contributed by atoms with Gasteiger partial charge in [-0.2, -0.15) is 0 Å². The van der Waals surface area contributed by atoms with Crippen LogP contribution in [0.25, 0.3) is 0 Å². The summed E-state index contributed by atoms with van der Waals surface area (Å²) in [5.74, 6) is -0.703. The minimum absolute atomic E-state index is 0.169. The number of amides is 2. The van der Waals surface area contributed by atoms with Crippen molar-refractivity contribution >= 4 is 27.5 Å². The summed E-state index contributed by atoms with van der Waals surface area (Å²) in [6.07, 6.45) is 3.16. The predicted molar refractivity (Wildman–Crippen MR) is 157 cm³/mol. The van der Waals surface area contributed by atoms with Crippen molar-refractivity contribution < 1.29 is 18.0 Å². The molecule has 0 bridgehead atoms. The highest BCUT2D eigenvalue weighted by molar-refractivity contribution is 7.92. The van der Waals surface area contributed by atoms with Crippen molar-refractivity contribution in [2.24, 2.45) is 0 Å². The van der Waals surface area contributed by atoms with Crippen molar-refractivity contribution in [2.45, 2.75) is 52.6 Å². The van der Waals surface area contributed by atoms with Crippen LogP contribution in [0, 0.1) is 13.8 Å². The Balaban J connectivity index is 2.04. The monoisotopic (exact) mass is 549 g/mol. The molecule has 39 heavy (non-hydrogen) atoms. The van der Waals surface area contributed by atoms with Gasteiger partial charge in [0.25, 0.3) is 0 Å². The highest BCUT2D eigenvalue weighted by Crippen LogP contribution is 2.26. The Morgan fingerprint density at radius 2 is 1.49 bits per heavy atom. The van der Waals surface area contributed by atoms with Crippen LogP contribution in [0.1, 0.15) is 42.0 Å². The van der Waals surface area contributed by atoms with Crippen LogP contribution in [-0.2, 0) is 32.6 Å². The first-order chi connectivity index (χ1) is 18.6. The van der Waals surface area contributed by atoms with Gasteiger partial charge in [0.2, 0.25) is 21.8 Å². The summed E-state index contributed by atoms with van der Waals surface area (Å²) in [7, 11) is -3.80. The summed E-state index contributed by atoms with van der Waals surface area (Å²) in [5.41, 5.74) is 3.92. The molecule has 0 radical (unpaired) electrons. The van der Waals surface area contributed by atoms with Crippen molar-refractivity contribution in [2.75, 3.05) is 23.7 Å². The maximum Gasteiger partial charge on any atom is 0.244 e. The van der Waals surface area contributed by atoms with Crippen LogP contribution in [0.5, 0.6) is 0 Å². The van der Waals surface area contributed by atoms with Gasteiger partial charge in [-0.3, -0.25) is 13.9 Å². The molecule has 208 valence electrons. The number of sulfonamides is 1. The van der Waals surface area contributed by atoms with Crippen molar-refractivity contribution in [3.8, 4) is 0 Å². The average molecular weight is 550 g/mol. The SMILES string of the molecule is CCCCNC(=O)C(Cc1ccccc1)N(Cc1ccccc1)C(=O)CN(c1cccc(C)c1C)S(C)(=O)=O. The molecule has 0 aliphatic carbocycles. The first-order valence-electron chi connectivity index (χ1n) is 13.3. The molecule has 3 rings (SSSR count). The number of carbonyl (C=O) groups excluding carboxylic acids is 2. The van der Waals surface area contributed by atoms with E-state index >= 15 is 0 Å².